The van der Waals surface area contributed by atoms with Gasteiger partial charge in [-0.3, -0.25) is 4.79 Å². The number of carbonyl (C=O) groups excluding carboxylic acids is 1. The first-order valence-electron chi connectivity index (χ1n) is 8.83. The Morgan fingerprint density at radius 3 is 2.68 bits per heavy atom. The second kappa shape index (κ2) is 8.02. The third kappa shape index (κ3) is 4.17. The minimum atomic E-state index is -0.618. The number of para-hydroxylation sites is 1. The van der Waals surface area contributed by atoms with Gasteiger partial charge in [-0.15, -0.1) is 10.2 Å². The number of benzene rings is 2. The van der Waals surface area contributed by atoms with E-state index in [1.807, 2.05) is 18.2 Å². The second-order valence-corrected chi connectivity index (χ2v) is 7.46. The van der Waals surface area contributed by atoms with Crippen LogP contribution in [0, 0.1) is 5.82 Å². The highest BCUT2D eigenvalue weighted by Gasteiger charge is 2.30. The minimum Gasteiger partial charge on any atom is -0.496 e. The fourth-order valence-corrected chi connectivity index (χ4v) is 3.59. The van der Waals surface area contributed by atoms with Crippen LogP contribution in [0.2, 0.25) is 0 Å². The lowest BCUT2D eigenvalue weighted by molar-refractivity contribution is -0.120. The van der Waals surface area contributed by atoms with Crippen molar-refractivity contribution in [3.05, 3.63) is 59.9 Å². The number of carbonyl (C=O) groups is 1. The van der Waals surface area contributed by atoms with Gasteiger partial charge in [0.05, 0.1) is 12.7 Å². The average molecular weight is 399 g/mol. The molecule has 1 fully saturated rings. The Kier molecular flexibility index (Phi) is 5.29. The van der Waals surface area contributed by atoms with E-state index in [9.17, 15) is 9.18 Å². The van der Waals surface area contributed by atoms with E-state index in [1.165, 1.54) is 12.1 Å². The van der Waals surface area contributed by atoms with Crippen molar-refractivity contribution in [2.24, 2.45) is 0 Å². The summed E-state index contributed by atoms with van der Waals surface area (Å²) in [5, 5.41) is 10.8. The third-order valence-electron chi connectivity index (χ3n) is 4.30. The fourth-order valence-electron chi connectivity index (χ4n) is 2.70. The Morgan fingerprint density at radius 2 is 1.96 bits per heavy atom. The minimum absolute atomic E-state index is 0.156. The van der Waals surface area contributed by atoms with Crippen molar-refractivity contribution in [2.45, 2.75) is 29.4 Å². The van der Waals surface area contributed by atoms with E-state index >= 15 is 0 Å². The number of thioether (sulfide) groups is 1. The summed E-state index contributed by atoms with van der Waals surface area (Å²) in [5.41, 5.74) is 1.34. The van der Waals surface area contributed by atoms with Gasteiger partial charge in [-0.2, -0.15) is 0 Å². The van der Waals surface area contributed by atoms with E-state index in [2.05, 4.69) is 15.5 Å². The van der Waals surface area contributed by atoms with Crippen LogP contribution in [-0.4, -0.2) is 29.3 Å². The summed E-state index contributed by atoms with van der Waals surface area (Å²) in [5.74, 6) is 0.409. The van der Waals surface area contributed by atoms with E-state index in [-0.39, 0.29) is 23.0 Å². The van der Waals surface area contributed by atoms with Crippen molar-refractivity contribution in [2.75, 3.05) is 7.11 Å². The number of ether oxygens (including phenoxy) is 1. The van der Waals surface area contributed by atoms with Crippen LogP contribution < -0.4 is 10.1 Å². The molecule has 3 aromatic rings. The summed E-state index contributed by atoms with van der Waals surface area (Å²) in [6.07, 6.45) is 1.95. The number of hydrogen-bond acceptors (Lipinski definition) is 6. The van der Waals surface area contributed by atoms with Crippen LogP contribution >= 0.6 is 11.8 Å². The molecule has 1 atom stereocenters. The van der Waals surface area contributed by atoms with Crippen molar-refractivity contribution in [1.29, 1.82) is 0 Å². The van der Waals surface area contributed by atoms with Crippen LogP contribution in [-0.2, 0) is 4.79 Å². The van der Waals surface area contributed by atoms with E-state index in [0.717, 1.165) is 24.6 Å². The molecule has 144 valence electrons. The SMILES string of the molecule is COc1ccccc1-c1nnc(SC(C(=O)NC2CC2)c2ccc(F)cc2)o1. The lowest BCUT2D eigenvalue weighted by atomic mass is 10.1. The topological polar surface area (TPSA) is 77.2 Å². The van der Waals surface area contributed by atoms with Gasteiger partial charge in [0, 0.05) is 6.04 Å². The molecule has 0 bridgehead atoms. The number of hydrogen-bond donors (Lipinski definition) is 1. The van der Waals surface area contributed by atoms with E-state index in [0.29, 0.717) is 22.8 Å². The quantitative estimate of drug-likeness (QED) is 0.605. The first-order valence-corrected chi connectivity index (χ1v) is 9.71. The molecule has 4 rings (SSSR count). The number of aromatic nitrogens is 2. The molecule has 1 aliphatic rings. The maximum absolute atomic E-state index is 13.3. The molecule has 1 unspecified atom stereocenters. The van der Waals surface area contributed by atoms with Crippen molar-refractivity contribution < 1.29 is 18.3 Å². The lowest BCUT2D eigenvalue weighted by Crippen LogP contribution is -2.29. The maximum atomic E-state index is 13.3. The van der Waals surface area contributed by atoms with Crippen molar-refractivity contribution >= 4 is 17.7 Å². The molecular weight excluding hydrogens is 381 g/mol. The van der Waals surface area contributed by atoms with Crippen molar-refractivity contribution in [1.82, 2.24) is 15.5 Å². The highest BCUT2D eigenvalue weighted by Crippen LogP contribution is 2.38. The van der Waals surface area contributed by atoms with Crippen LogP contribution in [0.1, 0.15) is 23.7 Å². The molecular formula is C20H18FN3O3S. The van der Waals surface area contributed by atoms with Crippen molar-refractivity contribution in [3.8, 4) is 17.2 Å². The van der Waals surface area contributed by atoms with Gasteiger partial charge < -0.3 is 14.5 Å². The average Bonchev–Trinajstić information content (AvgIpc) is 3.41. The maximum Gasteiger partial charge on any atom is 0.277 e. The molecule has 1 aromatic heterocycles. The van der Waals surface area contributed by atoms with Gasteiger partial charge in [0.2, 0.25) is 5.91 Å². The van der Waals surface area contributed by atoms with Gasteiger partial charge in [0.15, 0.2) is 0 Å². The zero-order valence-electron chi connectivity index (χ0n) is 15.1. The Labute approximate surface area is 165 Å². The Morgan fingerprint density at radius 1 is 1.21 bits per heavy atom. The number of methoxy groups -OCH3 is 1. The van der Waals surface area contributed by atoms with Crippen LogP contribution in [0.15, 0.2) is 58.2 Å². The van der Waals surface area contributed by atoms with Gasteiger partial charge >= 0.3 is 0 Å². The highest BCUT2D eigenvalue weighted by molar-refractivity contribution is 8.00. The largest absolute Gasteiger partial charge is 0.496 e. The first kappa shape index (κ1) is 18.5. The van der Waals surface area contributed by atoms with Gasteiger partial charge in [0.1, 0.15) is 16.8 Å². The molecule has 1 heterocycles. The number of halogens is 1. The zero-order valence-corrected chi connectivity index (χ0v) is 15.9. The second-order valence-electron chi connectivity index (χ2n) is 6.41. The Bertz CT molecular complexity index is 973. The normalized spacial score (nSPS) is 14.5. The summed E-state index contributed by atoms with van der Waals surface area (Å²) >= 11 is 1.14. The van der Waals surface area contributed by atoms with Gasteiger partial charge in [-0.1, -0.05) is 24.3 Å². The molecule has 6 nitrogen and oxygen atoms in total. The number of nitrogens with zero attached hydrogens (tertiary/aromatic N) is 2. The molecule has 1 amide bonds. The lowest BCUT2D eigenvalue weighted by Gasteiger charge is -2.14. The molecule has 1 aliphatic carbocycles. The summed E-state index contributed by atoms with van der Waals surface area (Å²) in [7, 11) is 1.57. The van der Waals surface area contributed by atoms with Gasteiger partial charge in [-0.05, 0) is 54.4 Å². The zero-order chi connectivity index (χ0) is 19.5. The van der Waals surface area contributed by atoms with Crippen LogP contribution in [0.25, 0.3) is 11.5 Å². The number of rotatable bonds is 7. The predicted octanol–water partition coefficient (Wildman–Crippen LogP) is 4.00. The molecule has 8 heteroatoms. The Balaban J connectivity index is 1.59. The molecule has 1 saturated carbocycles. The van der Waals surface area contributed by atoms with Crippen molar-refractivity contribution in [3.63, 3.8) is 0 Å². The van der Waals surface area contributed by atoms with Crippen LogP contribution in [0.4, 0.5) is 4.39 Å². The molecule has 0 aliphatic heterocycles. The van der Waals surface area contributed by atoms with Crippen LogP contribution in [0.5, 0.6) is 5.75 Å². The summed E-state index contributed by atoms with van der Waals surface area (Å²) < 4.78 is 24.4. The standard InChI is InChI=1S/C20H18FN3O3S/c1-26-16-5-3-2-4-15(16)19-23-24-20(27-19)28-17(18(25)22-14-10-11-14)12-6-8-13(21)9-7-12/h2-9,14,17H,10-11H2,1H3,(H,22,25). The Hall–Kier alpha value is -2.87. The first-order chi connectivity index (χ1) is 13.6. The van der Waals surface area contributed by atoms with Gasteiger partial charge in [0.25, 0.3) is 11.1 Å². The monoisotopic (exact) mass is 399 g/mol. The highest BCUT2D eigenvalue weighted by atomic mass is 32.2. The summed E-state index contributed by atoms with van der Waals surface area (Å²) in [4.78, 5) is 12.7. The molecule has 0 saturated heterocycles. The molecule has 1 N–H and O–H groups in total. The molecule has 0 spiro atoms. The van der Waals surface area contributed by atoms with Crippen LogP contribution in [0.3, 0.4) is 0 Å². The predicted molar refractivity (Wildman–Crippen MR) is 102 cm³/mol. The molecule has 0 radical (unpaired) electrons. The number of amides is 1. The smallest absolute Gasteiger partial charge is 0.277 e. The molecule has 2 aromatic carbocycles. The summed E-state index contributed by atoms with van der Waals surface area (Å²) in [6.45, 7) is 0. The summed E-state index contributed by atoms with van der Waals surface area (Å²) in [6, 6.07) is 13.4. The molecule has 28 heavy (non-hydrogen) atoms. The third-order valence-corrected chi connectivity index (χ3v) is 5.39. The number of nitrogens with one attached hydrogen (secondary N) is 1. The van der Waals surface area contributed by atoms with Gasteiger partial charge in [-0.25, -0.2) is 4.39 Å². The van der Waals surface area contributed by atoms with E-state index < -0.39 is 5.25 Å². The fraction of sp³-hybridized carbons (Fsp3) is 0.250. The van der Waals surface area contributed by atoms with E-state index in [1.54, 1.807) is 25.3 Å². The van der Waals surface area contributed by atoms with E-state index in [4.69, 9.17) is 9.15 Å².